The van der Waals surface area contributed by atoms with Gasteiger partial charge in [-0.05, 0) is 47.5 Å². The van der Waals surface area contributed by atoms with Gasteiger partial charge in [0.25, 0.3) is 0 Å². The molecule has 0 saturated carbocycles. The average molecular weight is 481 g/mol. The monoisotopic (exact) mass is 481 g/mol. The number of halogens is 2. The molecule has 0 aliphatic heterocycles. The Morgan fingerprint density at radius 2 is 1.46 bits per heavy atom. The number of Topliss-reactive ketones (excluding diaryl/α,β-unsaturated/α-hetero) is 1. The van der Waals surface area contributed by atoms with Crippen LogP contribution in [0.25, 0.3) is 12.2 Å². The normalized spacial score (nSPS) is 11.1. The van der Waals surface area contributed by atoms with Crippen LogP contribution in [0.2, 0.25) is 0 Å². The summed E-state index contributed by atoms with van der Waals surface area (Å²) in [4.78, 5) is 16.5. The summed E-state index contributed by atoms with van der Waals surface area (Å²) in [5.74, 6) is -0.0322. The van der Waals surface area contributed by atoms with Crippen LogP contribution in [-0.2, 0) is 0 Å². The Kier molecular flexibility index (Phi) is 8.56. The van der Waals surface area contributed by atoms with Crippen molar-refractivity contribution in [1.29, 1.82) is 0 Å². The third-order valence-electron chi connectivity index (χ3n) is 5.06. The molecule has 0 atom stereocenters. The van der Waals surface area contributed by atoms with Gasteiger partial charge in [-0.15, -0.1) is 0 Å². The molecule has 8 heteroatoms. The maximum absolute atomic E-state index is 14.7. The summed E-state index contributed by atoms with van der Waals surface area (Å²) in [6.45, 7) is 0. The van der Waals surface area contributed by atoms with Crippen molar-refractivity contribution in [3.63, 3.8) is 0 Å². The fourth-order valence-corrected chi connectivity index (χ4v) is 3.39. The summed E-state index contributed by atoms with van der Waals surface area (Å²) in [5, 5.41) is 0. The molecule has 3 rings (SSSR count). The number of aliphatic imine (C=N–C) groups is 1. The van der Waals surface area contributed by atoms with Crippen molar-refractivity contribution in [2.24, 2.45) is 4.99 Å². The van der Waals surface area contributed by atoms with E-state index in [1.165, 1.54) is 58.9 Å². The quantitative estimate of drug-likeness (QED) is 0.198. The molecule has 0 aliphatic carbocycles. The number of hydrogen-bond acceptors (Lipinski definition) is 6. The second-order valence-electron chi connectivity index (χ2n) is 7.30. The van der Waals surface area contributed by atoms with Crippen molar-refractivity contribution < 1.29 is 32.5 Å². The molecular formula is C27H25F2NO5. The van der Waals surface area contributed by atoms with Gasteiger partial charge in [0, 0.05) is 18.2 Å². The Morgan fingerprint density at radius 1 is 0.829 bits per heavy atom. The summed E-state index contributed by atoms with van der Waals surface area (Å²) in [7, 11) is 5.89. The van der Waals surface area contributed by atoms with Crippen molar-refractivity contribution in [3.8, 4) is 23.0 Å². The Labute approximate surface area is 202 Å². The van der Waals surface area contributed by atoms with Gasteiger partial charge in [0.1, 0.15) is 11.5 Å². The van der Waals surface area contributed by atoms with E-state index in [4.69, 9.17) is 18.9 Å². The first-order chi connectivity index (χ1) is 16.9. The lowest BCUT2D eigenvalue weighted by Gasteiger charge is -2.13. The van der Waals surface area contributed by atoms with Gasteiger partial charge in [0.15, 0.2) is 28.8 Å². The topological polar surface area (TPSA) is 66.4 Å². The molecule has 3 aromatic carbocycles. The maximum Gasteiger partial charge on any atom is 0.203 e. The fourth-order valence-electron chi connectivity index (χ4n) is 3.39. The van der Waals surface area contributed by atoms with Crippen molar-refractivity contribution >= 4 is 29.8 Å². The molecule has 0 fully saturated rings. The first-order valence-corrected chi connectivity index (χ1v) is 10.6. The van der Waals surface area contributed by atoms with Crippen LogP contribution in [0, 0.1) is 11.6 Å². The fraction of sp³-hybridized carbons (Fsp3) is 0.185. The standard InChI is InChI=1S/C27H25F2NO5/c1-32-24-14-18(15-25(33-2)27(24)35-4)9-8-17-12-21(29)26(34-3)22(13-17)30-11-10-23(31)19-6-5-7-20(28)16-19/h5-9,11-16H,10H2,1-4H3/b9-8-,30-11?. The lowest BCUT2D eigenvalue weighted by Crippen LogP contribution is -2.00. The number of carbonyl (C=O) groups is 1. The first kappa shape index (κ1) is 25.4. The van der Waals surface area contributed by atoms with Crippen molar-refractivity contribution in [2.45, 2.75) is 6.42 Å². The van der Waals surface area contributed by atoms with Gasteiger partial charge in [0.05, 0.1) is 28.4 Å². The number of ether oxygens (including phenoxy) is 4. The minimum absolute atomic E-state index is 0.0515. The average Bonchev–Trinajstić information content (AvgIpc) is 2.86. The summed E-state index contributed by atoms with van der Waals surface area (Å²) >= 11 is 0. The van der Waals surface area contributed by atoms with E-state index < -0.39 is 11.6 Å². The highest BCUT2D eigenvalue weighted by molar-refractivity contribution is 6.03. The molecular weight excluding hydrogens is 456 g/mol. The van der Waals surface area contributed by atoms with E-state index in [9.17, 15) is 13.6 Å². The molecule has 0 heterocycles. The number of hydrogen-bond donors (Lipinski definition) is 0. The zero-order valence-electron chi connectivity index (χ0n) is 19.8. The van der Waals surface area contributed by atoms with Crippen LogP contribution in [0.1, 0.15) is 27.9 Å². The Balaban J connectivity index is 1.86. The van der Waals surface area contributed by atoms with E-state index >= 15 is 0 Å². The maximum atomic E-state index is 14.7. The third-order valence-corrected chi connectivity index (χ3v) is 5.06. The van der Waals surface area contributed by atoms with Gasteiger partial charge in [-0.3, -0.25) is 9.79 Å². The zero-order chi connectivity index (χ0) is 25.4. The molecule has 3 aromatic rings. The second-order valence-corrected chi connectivity index (χ2v) is 7.30. The van der Waals surface area contributed by atoms with E-state index in [0.717, 1.165) is 11.6 Å². The molecule has 0 amide bonds. The molecule has 0 saturated heterocycles. The molecule has 182 valence electrons. The van der Waals surface area contributed by atoms with Crippen LogP contribution in [0.15, 0.2) is 53.5 Å². The lowest BCUT2D eigenvalue weighted by molar-refractivity contribution is 0.100. The Hall–Kier alpha value is -4.20. The molecule has 0 unspecified atom stereocenters. The molecule has 0 radical (unpaired) electrons. The molecule has 0 N–H and O–H groups in total. The first-order valence-electron chi connectivity index (χ1n) is 10.6. The Bertz CT molecular complexity index is 1250. The van der Waals surface area contributed by atoms with Crippen LogP contribution in [0.5, 0.6) is 23.0 Å². The van der Waals surface area contributed by atoms with E-state index in [0.29, 0.717) is 22.8 Å². The summed E-state index contributed by atoms with van der Waals surface area (Å²) in [5.41, 5.74) is 1.70. The van der Waals surface area contributed by atoms with Gasteiger partial charge in [-0.25, -0.2) is 8.78 Å². The van der Waals surface area contributed by atoms with Gasteiger partial charge in [-0.2, -0.15) is 0 Å². The van der Waals surface area contributed by atoms with Crippen LogP contribution in [-0.4, -0.2) is 40.4 Å². The van der Waals surface area contributed by atoms with E-state index in [2.05, 4.69) is 4.99 Å². The van der Waals surface area contributed by atoms with Crippen molar-refractivity contribution in [2.75, 3.05) is 28.4 Å². The zero-order valence-corrected chi connectivity index (χ0v) is 19.8. The van der Waals surface area contributed by atoms with E-state index in [-0.39, 0.29) is 29.2 Å². The second kappa shape index (κ2) is 11.8. The van der Waals surface area contributed by atoms with E-state index in [1.54, 1.807) is 30.4 Å². The van der Waals surface area contributed by atoms with Gasteiger partial charge < -0.3 is 18.9 Å². The molecule has 0 aliphatic rings. The number of methoxy groups -OCH3 is 4. The molecule has 0 bridgehead atoms. The molecule has 6 nitrogen and oxygen atoms in total. The predicted molar refractivity (Wildman–Crippen MR) is 131 cm³/mol. The summed E-state index contributed by atoms with van der Waals surface area (Å²) < 4.78 is 49.2. The number of ketones is 1. The largest absolute Gasteiger partial charge is 0.493 e. The summed E-state index contributed by atoms with van der Waals surface area (Å²) in [6.07, 6.45) is 4.71. The van der Waals surface area contributed by atoms with E-state index in [1.807, 2.05) is 0 Å². The SMILES string of the molecule is COc1cc(/C=C\c2cc(F)c(OC)c(N=CCC(=O)c3cccc(F)c3)c2)cc(OC)c1OC. The van der Waals surface area contributed by atoms with Crippen molar-refractivity contribution in [3.05, 3.63) is 76.9 Å². The van der Waals surface area contributed by atoms with Crippen LogP contribution in [0.4, 0.5) is 14.5 Å². The number of nitrogens with zero attached hydrogens (tertiary/aromatic N) is 1. The highest BCUT2D eigenvalue weighted by Gasteiger charge is 2.13. The van der Waals surface area contributed by atoms with Crippen LogP contribution < -0.4 is 18.9 Å². The number of rotatable bonds is 10. The molecule has 0 aromatic heterocycles. The minimum atomic E-state index is -0.608. The van der Waals surface area contributed by atoms with Gasteiger partial charge in [-0.1, -0.05) is 24.3 Å². The van der Waals surface area contributed by atoms with Gasteiger partial charge >= 0.3 is 0 Å². The lowest BCUT2D eigenvalue weighted by atomic mass is 10.1. The molecule has 35 heavy (non-hydrogen) atoms. The van der Waals surface area contributed by atoms with Crippen LogP contribution in [0.3, 0.4) is 0 Å². The smallest absolute Gasteiger partial charge is 0.203 e. The third kappa shape index (κ3) is 6.23. The highest BCUT2D eigenvalue weighted by atomic mass is 19.1. The minimum Gasteiger partial charge on any atom is -0.493 e. The van der Waals surface area contributed by atoms with Gasteiger partial charge in [0.2, 0.25) is 5.75 Å². The number of carbonyl (C=O) groups excluding carboxylic acids is 1. The molecule has 0 spiro atoms. The Morgan fingerprint density at radius 3 is 2.03 bits per heavy atom. The summed E-state index contributed by atoms with van der Waals surface area (Å²) in [6, 6.07) is 11.9. The van der Waals surface area contributed by atoms with Crippen molar-refractivity contribution in [1.82, 2.24) is 0 Å². The number of benzene rings is 3. The van der Waals surface area contributed by atoms with Crippen LogP contribution >= 0.6 is 0 Å². The highest BCUT2D eigenvalue weighted by Crippen LogP contribution is 2.39. The predicted octanol–water partition coefficient (Wildman–Crippen LogP) is 6.14.